The quantitative estimate of drug-likeness (QED) is 0.879. The summed E-state index contributed by atoms with van der Waals surface area (Å²) in [5.74, 6) is 0.0153. The van der Waals surface area contributed by atoms with E-state index in [0.717, 1.165) is 17.6 Å². The van der Waals surface area contributed by atoms with E-state index >= 15 is 0 Å². The lowest BCUT2D eigenvalue weighted by Crippen LogP contribution is -2.36. The van der Waals surface area contributed by atoms with Crippen LogP contribution in [-0.4, -0.2) is 24.5 Å². The third-order valence-corrected chi connectivity index (χ3v) is 3.79. The Kier molecular flexibility index (Phi) is 6.34. The van der Waals surface area contributed by atoms with Crippen LogP contribution in [0, 0.1) is 17.2 Å². The maximum atomic E-state index is 8.94. The first-order valence-electron chi connectivity index (χ1n) is 6.22. The van der Waals surface area contributed by atoms with Crippen molar-refractivity contribution in [2.24, 2.45) is 11.7 Å². The Bertz CT molecular complexity index is 414. The van der Waals surface area contributed by atoms with Gasteiger partial charge in [0.1, 0.15) is 0 Å². The Morgan fingerprint density at radius 2 is 2.11 bits per heavy atom. The lowest BCUT2D eigenvalue weighted by molar-refractivity contribution is 0.197. The summed E-state index contributed by atoms with van der Waals surface area (Å²) in [7, 11) is 0. The normalized spacial score (nSPS) is 14.2. The van der Waals surface area contributed by atoms with E-state index in [1.54, 1.807) is 0 Å². The third-order valence-electron chi connectivity index (χ3n) is 3.06. The monoisotopic (exact) mass is 309 g/mol. The molecule has 0 aliphatic carbocycles. The molecule has 4 heteroatoms. The summed E-state index contributed by atoms with van der Waals surface area (Å²) >= 11 is 3.57. The Morgan fingerprint density at radius 3 is 2.61 bits per heavy atom. The van der Waals surface area contributed by atoms with E-state index in [0.29, 0.717) is 6.54 Å². The molecule has 0 saturated heterocycles. The Balaban J connectivity index is 2.94. The number of nitriles is 1. The highest BCUT2D eigenvalue weighted by Gasteiger charge is 2.21. The van der Waals surface area contributed by atoms with E-state index in [-0.39, 0.29) is 12.0 Å². The largest absolute Gasteiger partial charge is 0.329 e. The molecule has 0 aromatic heterocycles. The summed E-state index contributed by atoms with van der Waals surface area (Å²) < 4.78 is 1.07. The van der Waals surface area contributed by atoms with Gasteiger partial charge in [0, 0.05) is 23.6 Å². The van der Waals surface area contributed by atoms with Crippen molar-refractivity contribution in [1.29, 1.82) is 5.26 Å². The number of halogens is 1. The van der Waals surface area contributed by atoms with Crippen LogP contribution in [0.3, 0.4) is 0 Å². The zero-order chi connectivity index (χ0) is 13.5. The number of hydrogen-bond donors (Lipinski definition) is 1. The lowest BCUT2D eigenvalue weighted by atomic mass is 10.0. The molecular weight excluding hydrogens is 290 g/mol. The number of hydrogen-bond acceptors (Lipinski definition) is 3. The standard InChI is InChI=1S/C14H20BrN3/c1-3-18(10-11(2)8-16)14(9-17)12-6-4-5-7-13(12)15/h4-7,11,14H,3,9-10,17H2,1-2H3. The van der Waals surface area contributed by atoms with Gasteiger partial charge in [-0.1, -0.05) is 41.1 Å². The second-order valence-corrected chi connectivity index (χ2v) is 5.25. The second-order valence-electron chi connectivity index (χ2n) is 4.39. The van der Waals surface area contributed by atoms with E-state index in [4.69, 9.17) is 11.0 Å². The summed E-state index contributed by atoms with van der Waals surface area (Å²) in [6.45, 7) is 6.22. The fourth-order valence-electron chi connectivity index (χ4n) is 2.09. The molecule has 2 unspecified atom stereocenters. The topological polar surface area (TPSA) is 53.0 Å². The van der Waals surface area contributed by atoms with Crippen LogP contribution in [0.25, 0.3) is 0 Å². The molecule has 0 amide bonds. The van der Waals surface area contributed by atoms with Crippen LogP contribution in [0.2, 0.25) is 0 Å². The van der Waals surface area contributed by atoms with E-state index in [9.17, 15) is 0 Å². The summed E-state index contributed by atoms with van der Waals surface area (Å²) in [6.07, 6.45) is 0. The highest BCUT2D eigenvalue weighted by molar-refractivity contribution is 9.10. The number of likely N-dealkylation sites (N-methyl/N-ethyl adjacent to an activating group) is 1. The second kappa shape index (κ2) is 7.52. The molecule has 0 bridgehead atoms. The summed E-state index contributed by atoms with van der Waals surface area (Å²) in [4.78, 5) is 2.26. The van der Waals surface area contributed by atoms with Gasteiger partial charge in [0.2, 0.25) is 0 Å². The van der Waals surface area contributed by atoms with Crippen molar-refractivity contribution < 1.29 is 0 Å². The molecule has 0 aliphatic rings. The van der Waals surface area contributed by atoms with Gasteiger partial charge in [-0.2, -0.15) is 5.26 Å². The van der Waals surface area contributed by atoms with Crippen molar-refractivity contribution in [2.75, 3.05) is 19.6 Å². The van der Waals surface area contributed by atoms with Gasteiger partial charge in [-0.25, -0.2) is 0 Å². The van der Waals surface area contributed by atoms with Gasteiger partial charge >= 0.3 is 0 Å². The van der Waals surface area contributed by atoms with E-state index < -0.39 is 0 Å². The number of nitrogens with zero attached hydrogens (tertiary/aromatic N) is 2. The minimum atomic E-state index is 0.0153. The SMILES string of the molecule is CCN(CC(C)C#N)C(CN)c1ccccc1Br. The van der Waals surface area contributed by atoms with Gasteiger partial charge < -0.3 is 5.73 Å². The minimum absolute atomic E-state index is 0.0153. The average Bonchev–Trinajstić information content (AvgIpc) is 2.40. The molecule has 0 fully saturated rings. The van der Waals surface area contributed by atoms with Gasteiger partial charge in [-0.3, -0.25) is 4.90 Å². The zero-order valence-corrected chi connectivity index (χ0v) is 12.5. The van der Waals surface area contributed by atoms with Crippen LogP contribution in [-0.2, 0) is 0 Å². The van der Waals surface area contributed by atoms with Crippen LogP contribution in [0.5, 0.6) is 0 Å². The van der Waals surface area contributed by atoms with Crippen molar-refractivity contribution >= 4 is 15.9 Å². The molecule has 0 saturated carbocycles. The molecular formula is C14H20BrN3. The molecule has 0 heterocycles. The number of benzene rings is 1. The first-order chi connectivity index (χ1) is 8.63. The molecule has 0 aliphatic heterocycles. The van der Waals surface area contributed by atoms with E-state index in [2.05, 4.69) is 39.9 Å². The lowest BCUT2D eigenvalue weighted by Gasteiger charge is -2.31. The van der Waals surface area contributed by atoms with Gasteiger partial charge in [0.05, 0.1) is 12.0 Å². The predicted octanol–water partition coefficient (Wildman–Crippen LogP) is 2.93. The summed E-state index contributed by atoms with van der Waals surface area (Å²) in [5, 5.41) is 8.94. The predicted molar refractivity (Wildman–Crippen MR) is 78.0 cm³/mol. The van der Waals surface area contributed by atoms with Crippen molar-refractivity contribution in [1.82, 2.24) is 4.90 Å². The zero-order valence-electron chi connectivity index (χ0n) is 10.9. The number of rotatable bonds is 6. The molecule has 1 aromatic rings. The van der Waals surface area contributed by atoms with Crippen LogP contribution in [0.4, 0.5) is 0 Å². The van der Waals surface area contributed by atoms with Crippen LogP contribution in [0.1, 0.15) is 25.5 Å². The molecule has 1 rings (SSSR count). The Hall–Kier alpha value is -0.890. The van der Waals surface area contributed by atoms with Gasteiger partial charge in [-0.15, -0.1) is 0 Å². The molecule has 18 heavy (non-hydrogen) atoms. The van der Waals surface area contributed by atoms with Gasteiger partial charge in [0.25, 0.3) is 0 Å². The molecule has 0 radical (unpaired) electrons. The van der Waals surface area contributed by atoms with Crippen LogP contribution >= 0.6 is 15.9 Å². The Labute approximate surface area is 118 Å². The van der Waals surface area contributed by atoms with Crippen LogP contribution < -0.4 is 5.73 Å². The highest BCUT2D eigenvalue weighted by Crippen LogP contribution is 2.27. The van der Waals surface area contributed by atoms with Crippen molar-refractivity contribution in [3.05, 3.63) is 34.3 Å². The smallest absolute Gasteiger partial charge is 0.0666 e. The van der Waals surface area contributed by atoms with Gasteiger partial charge in [0.15, 0.2) is 0 Å². The van der Waals surface area contributed by atoms with Gasteiger partial charge in [-0.05, 0) is 25.1 Å². The summed E-state index contributed by atoms with van der Waals surface area (Å²) in [5.41, 5.74) is 7.11. The third kappa shape index (κ3) is 3.81. The maximum absolute atomic E-state index is 8.94. The first-order valence-corrected chi connectivity index (χ1v) is 7.01. The Morgan fingerprint density at radius 1 is 1.44 bits per heavy atom. The fourth-order valence-corrected chi connectivity index (χ4v) is 2.64. The van der Waals surface area contributed by atoms with E-state index in [1.165, 1.54) is 5.56 Å². The molecule has 2 N–H and O–H groups in total. The van der Waals surface area contributed by atoms with Crippen molar-refractivity contribution in [3.8, 4) is 6.07 Å². The molecule has 98 valence electrons. The van der Waals surface area contributed by atoms with Crippen molar-refractivity contribution in [3.63, 3.8) is 0 Å². The maximum Gasteiger partial charge on any atom is 0.0666 e. The number of nitrogens with two attached hydrogens (primary N) is 1. The van der Waals surface area contributed by atoms with Crippen LogP contribution in [0.15, 0.2) is 28.7 Å². The van der Waals surface area contributed by atoms with E-state index in [1.807, 2.05) is 25.1 Å². The fraction of sp³-hybridized carbons (Fsp3) is 0.500. The van der Waals surface area contributed by atoms with Crippen molar-refractivity contribution in [2.45, 2.75) is 19.9 Å². The molecule has 0 spiro atoms. The highest BCUT2D eigenvalue weighted by atomic mass is 79.9. The first kappa shape index (κ1) is 15.2. The molecule has 3 nitrogen and oxygen atoms in total. The molecule has 2 atom stereocenters. The minimum Gasteiger partial charge on any atom is -0.329 e. The molecule has 1 aromatic carbocycles. The average molecular weight is 310 g/mol. The summed E-state index contributed by atoms with van der Waals surface area (Å²) in [6, 6.07) is 10.6.